The molecular weight excluding hydrogens is 214 g/mol. The van der Waals surface area contributed by atoms with E-state index in [9.17, 15) is 0 Å². The van der Waals surface area contributed by atoms with Crippen molar-refractivity contribution in [3.05, 3.63) is 29.8 Å². The van der Waals surface area contributed by atoms with Gasteiger partial charge in [-0.2, -0.15) is 5.10 Å². The second-order valence-corrected chi connectivity index (χ2v) is 4.11. The van der Waals surface area contributed by atoms with Crippen molar-refractivity contribution in [2.75, 3.05) is 6.54 Å². The maximum absolute atomic E-state index is 4.65. The Balaban J connectivity index is 2.14. The van der Waals surface area contributed by atoms with Crippen molar-refractivity contribution >= 4 is 0 Å². The van der Waals surface area contributed by atoms with Crippen LogP contribution in [0.15, 0.2) is 18.6 Å². The summed E-state index contributed by atoms with van der Waals surface area (Å²) in [5, 5.41) is 8.04. The van der Waals surface area contributed by atoms with Gasteiger partial charge in [0.15, 0.2) is 0 Å². The van der Waals surface area contributed by atoms with E-state index in [1.54, 1.807) is 18.6 Å². The molecule has 2 aromatic heterocycles. The molecule has 5 nitrogen and oxygen atoms in total. The first-order chi connectivity index (χ1) is 8.40. The number of hydrogen-bond acceptors (Lipinski definition) is 4. The van der Waals surface area contributed by atoms with Gasteiger partial charge in [-0.25, -0.2) is 0 Å². The Morgan fingerprint density at radius 2 is 2.35 bits per heavy atom. The molecule has 0 unspecified atom stereocenters. The summed E-state index contributed by atoms with van der Waals surface area (Å²) in [5.74, 6) is 0. The molecule has 0 aromatic carbocycles. The van der Waals surface area contributed by atoms with Gasteiger partial charge >= 0.3 is 0 Å². The van der Waals surface area contributed by atoms with E-state index in [1.807, 2.05) is 0 Å². The Morgan fingerprint density at radius 1 is 1.41 bits per heavy atom. The fourth-order valence-electron chi connectivity index (χ4n) is 2.31. The van der Waals surface area contributed by atoms with E-state index in [2.05, 4.69) is 32.0 Å². The van der Waals surface area contributed by atoms with E-state index in [1.165, 1.54) is 11.3 Å². The maximum Gasteiger partial charge on any atom is 0.117 e. The normalized spacial score (nSPS) is 14.6. The molecule has 0 aliphatic carbocycles. The highest BCUT2D eigenvalue weighted by molar-refractivity contribution is 5.59. The number of rotatable bonds is 2. The molecule has 3 rings (SSSR count). The van der Waals surface area contributed by atoms with E-state index < -0.39 is 0 Å². The zero-order chi connectivity index (χ0) is 11.7. The van der Waals surface area contributed by atoms with E-state index in [0.29, 0.717) is 0 Å². The summed E-state index contributed by atoms with van der Waals surface area (Å²) in [4.78, 5) is 8.45. The highest BCUT2D eigenvalue weighted by atomic mass is 15.3. The molecule has 0 saturated carbocycles. The van der Waals surface area contributed by atoms with Crippen molar-refractivity contribution in [2.45, 2.75) is 26.4 Å². The third kappa shape index (κ3) is 1.72. The molecule has 1 N–H and O–H groups in total. The lowest BCUT2D eigenvalue weighted by Crippen LogP contribution is -2.24. The quantitative estimate of drug-likeness (QED) is 0.835. The largest absolute Gasteiger partial charge is 0.312 e. The Morgan fingerprint density at radius 3 is 3.12 bits per heavy atom. The molecule has 88 valence electrons. The zero-order valence-electron chi connectivity index (χ0n) is 9.85. The van der Waals surface area contributed by atoms with Gasteiger partial charge in [-0.3, -0.25) is 14.6 Å². The van der Waals surface area contributed by atoms with Crippen molar-refractivity contribution in [1.29, 1.82) is 0 Å². The molecule has 0 saturated heterocycles. The van der Waals surface area contributed by atoms with Crippen LogP contribution in [0.1, 0.15) is 18.2 Å². The van der Waals surface area contributed by atoms with Crippen molar-refractivity contribution < 1.29 is 0 Å². The lowest BCUT2D eigenvalue weighted by molar-refractivity contribution is 0.572. The van der Waals surface area contributed by atoms with Gasteiger partial charge in [0.05, 0.1) is 6.20 Å². The Bertz CT molecular complexity index is 517. The van der Waals surface area contributed by atoms with Crippen molar-refractivity contribution in [1.82, 2.24) is 25.1 Å². The van der Waals surface area contributed by atoms with Gasteiger partial charge in [-0.05, 0) is 6.92 Å². The van der Waals surface area contributed by atoms with Crippen molar-refractivity contribution in [2.24, 2.45) is 0 Å². The summed E-state index contributed by atoms with van der Waals surface area (Å²) in [6.07, 6.45) is 6.21. The first kappa shape index (κ1) is 10.4. The van der Waals surface area contributed by atoms with Crippen LogP contribution in [-0.2, 0) is 19.5 Å². The number of fused-ring (bicyclic) bond motifs is 1. The fourth-order valence-corrected chi connectivity index (χ4v) is 2.31. The fraction of sp³-hybridized carbons (Fsp3) is 0.417. The molecule has 0 spiro atoms. The average molecular weight is 229 g/mol. The second-order valence-electron chi connectivity index (χ2n) is 4.11. The predicted octanol–water partition coefficient (Wildman–Crippen LogP) is 1.01. The van der Waals surface area contributed by atoms with Crippen LogP contribution in [0.2, 0.25) is 0 Å². The van der Waals surface area contributed by atoms with Gasteiger partial charge in [0, 0.05) is 49.7 Å². The van der Waals surface area contributed by atoms with Gasteiger partial charge in [-0.15, -0.1) is 0 Å². The molecule has 0 radical (unpaired) electrons. The third-order valence-corrected chi connectivity index (χ3v) is 3.11. The minimum atomic E-state index is 0.861. The van der Waals surface area contributed by atoms with Crippen LogP contribution in [-0.4, -0.2) is 26.3 Å². The molecule has 0 atom stereocenters. The van der Waals surface area contributed by atoms with Crippen LogP contribution < -0.4 is 5.32 Å². The topological polar surface area (TPSA) is 55.6 Å². The summed E-state index contributed by atoms with van der Waals surface area (Å²) < 4.78 is 2.08. The molecular formula is C12H15N5. The van der Waals surface area contributed by atoms with Crippen molar-refractivity contribution in [3.8, 4) is 11.4 Å². The van der Waals surface area contributed by atoms with E-state index in [-0.39, 0.29) is 0 Å². The van der Waals surface area contributed by atoms with Gasteiger partial charge in [0.25, 0.3) is 0 Å². The summed E-state index contributed by atoms with van der Waals surface area (Å²) in [6.45, 7) is 4.93. The molecule has 0 bridgehead atoms. The van der Waals surface area contributed by atoms with E-state index in [4.69, 9.17) is 0 Å². The van der Waals surface area contributed by atoms with E-state index >= 15 is 0 Å². The molecule has 1 aliphatic heterocycles. The number of nitrogens with zero attached hydrogens (tertiary/aromatic N) is 4. The number of aromatic nitrogens is 4. The minimum Gasteiger partial charge on any atom is -0.312 e. The lowest BCUT2D eigenvalue weighted by Gasteiger charge is -2.14. The number of hydrogen-bond donors (Lipinski definition) is 1. The van der Waals surface area contributed by atoms with Gasteiger partial charge < -0.3 is 5.32 Å². The molecule has 2 aromatic rings. The molecule has 0 amide bonds. The molecule has 3 heterocycles. The summed E-state index contributed by atoms with van der Waals surface area (Å²) >= 11 is 0. The van der Waals surface area contributed by atoms with Gasteiger partial charge in [0.1, 0.15) is 11.4 Å². The van der Waals surface area contributed by atoms with Crippen LogP contribution >= 0.6 is 0 Å². The maximum atomic E-state index is 4.65. The first-order valence-electron chi connectivity index (χ1n) is 5.95. The van der Waals surface area contributed by atoms with Gasteiger partial charge in [0.2, 0.25) is 0 Å². The Hall–Kier alpha value is -1.75. The predicted molar refractivity (Wildman–Crippen MR) is 64.3 cm³/mol. The SMILES string of the molecule is CCn1nc(-c2cnccn2)c2c1CCNC2. The Kier molecular flexibility index (Phi) is 2.60. The number of nitrogens with one attached hydrogen (secondary N) is 1. The molecule has 1 aliphatic rings. The van der Waals surface area contributed by atoms with Crippen LogP contribution in [0, 0.1) is 0 Å². The monoisotopic (exact) mass is 229 g/mol. The summed E-state index contributed by atoms with van der Waals surface area (Å²) in [7, 11) is 0. The highest BCUT2D eigenvalue weighted by Crippen LogP contribution is 2.25. The Labute approximate surface area is 99.9 Å². The van der Waals surface area contributed by atoms with Crippen LogP contribution in [0.3, 0.4) is 0 Å². The molecule has 5 heteroatoms. The lowest BCUT2D eigenvalue weighted by atomic mass is 10.1. The molecule has 0 fully saturated rings. The van der Waals surface area contributed by atoms with Gasteiger partial charge in [-0.1, -0.05) is 0 Å². The van der Waals surface area contributed by atoms with Crippen molar-refractivity contribution in [3.63, 3.8) is 0 Å². The highest BCUT2D eigenvalue weighted by Gasteiger charge is 2.21. The smallest absolute Gasteiger partial charge is 0.117 e. The first-order valence-corrected chi connectivity index (χ1v) is 5.95. The third-order valence-electron chi connectivity index (χ3n) is 3.11. The van der Waals surface area contributed by atoms with E-state index in [0.717, 1.165) is 37.4 Å². The molecule has 17 heavy (non-hydrogen) atoms. The minimum absolute atomic E-state index is 0.861. The second kappa shape index (κ2) is 4.25. The zero-order valence-corrected chi connectivity index (χ0v) is 9.85. The summed E-state index contributed by atoms with van der Waals surface area (Å²) in [5.41, 5.74) is 4.45. The summed E-state index contributed by atoms with van der Waals surface area (Å²) in [6, 6.07) is 0. The average Bonchev–Trinajstić information content (AvgIpc) is 2.78. The van der Waals surface area contributed by atoms with Crippen LogP contribution in [0.4, 0.5) is 0 Å². The number of aryl methyl sites for hydroxylation is 1. The standard InChI is InChI=1S/C12H15N5/c1-2-17-11-3-4-13-7-9(11)12(16-17)10-8-14-5-6-15-10/h5-6,8,13H,2-4,7H2,1H3. The van der Waals surface area contributed by atoms with Crippen LogP contribution in [0.25, 0.3) is 11.4 Å². The van der Waals surface area contributed by atoms with Crippen LogP contribution in [0.5, 0.6) is 0 Å².